The second-order valence-electron chi connectivity index (χ2n) is 5.92. The van der Waals surface area contributed by atoms with E-state index in [1.165, 1.54) is 12.1 Å². The molecule has 1 atom stereocenters. The Morgan fingerprint density at radius 2 is 1.88 bits per heavy atom. The molecule has 0 spiro atoms. The fourth-order valence-corrected chi connectivity index (χ4v) is 4.46. The van der Waals surface area contributed by atoms with E-state index in [0.29, 0.717) is 5.56 Å². The number of amides is 1. The quantitative estimate of drug-likeness (QED) is 0.850. The van der Waals surface area contributed by atoms with Crippen molar-refractivity contribution in [2.75, 3.05) is 5.75 Å². The number of carboxylic acids is 1. The van der Waals surface area contributed by atoms with Gasteiger partial charge in [0.25, 0.3) is 0 Å². The first-order valence-corrected chi connectivity index (χ1v) is 9.59. The first-order valence-electron chi connectivity index (χ1n) is 7.94. The van der Waals surface area contributed by atoms with Gasteiger partial charge in [0.15, 0.2) is 9.84 Å². The smallest absolute Gasteiger partial charge is 0.407 e. The summed E-state index contributed by atoms with van der Waals surface area (Å²) in [6, 6.07) is 12.5. The fourth-order valence-electron chi connectivity index (χ4n) is 2.82. The van der Waals surface area contributed by atoms with Gasteiger partial charge in [-0.1, -0.05) is 36.4 Å². The third kappa shape index (κ3) is 3.85. The lowest BCUT2D eigenvalue weighted by molar-refractivity contribution is 0.0696. The summed E-state index contributed by atoms with van der Waals surface area (Å²) in [6.07, 6.45) is -0.464. The normalized spacial score (nSPS) is 17.8. The molecule has 1 heterocycles. The first-order chi connectivity index (χ1) is 12.4. The van der Waals surface area contributed by atoms with E-state index in [1.807, 2.05) is 30.3 Å². The third-order valence-electron chi connectivity index (χ3n) is 4.15. The molecule has 1 amide bonds. The molecule has 26 heavy (non-hydrogen) atoms. The van der Waals surface area contributed by atoms with Crippen LogP contribution in [0, 0.1) is 0 Å². The second kappa shape index (κ2) is 7.17. The number of nitrogens with one attached hydrogen (secondary N) is 1. The van der Waals surface area contributed by atoms with Gasteiger partial charge < -0.3 is 15.2 Å². The van der Waals surface area contributed by atoms with Crippen molar-refractivity contribution in [1.29, 1.82) is 0 Å². The number of aromatic carboxylic acids is 1. The highest BCUT2D eigenvalue weighted by atomic mass is 32.2. The van der Waals surface area contributed by atoms with Gasteiger partial charge in [0.05, 0.1) is 22.3 Å². The lowest BCUT2D eigenvalue weighted by Gasteiger charge is -2.26. The molecule has 0 aliphatic carbocycles. The molecule has 8 heteroatoms. The monoisotopic (exact) mass is 375 g/mol. The molecule has 2 aromatic carbocycles. The van der Waals surface area contributed by atoms with Gasteiger partial charge in [0.1, 0.15) is 6.61 Å². The number of sulfone groups is 1. The number of rotatable bonds is 4. The summed E-state index contributed by atoms with van der Waals surface area (Å²) in [6.45, 7) is 0.0997. The molecule has 0 unspecified atom stereocenters. The number of fused-ring (bicyclic) bond motifs is 1. The number of hydrogen-bond acceptors (Lipinski definition) is 5. The third-order valence-corrected chi connectivity index (χ3v) is 5.95. The summed E-state index contributed by atoms with van der Waals surface area (Å²) in [5.74, 6) is -1.38. The molecule has 136 valence electrons. The molecule has 0 fully saturated rings. The van der Waals surface area contributed by atoms with Crippen LogP contribution in [0.4, 0.5) is 4.79 Å². The van der Waals surface area contributed by atoms with Crippen LogP contribution < -0.4 is 5.32 Å². The number of carbonyl (C=O) groups is 2. The number of benzene rings is 2. The molecule has 2 N–H and O–H groups in total. The van der Waals surface area contributed by atoms with Crippen LogP contribution in [0.25, 0.3) is 0 Å². The van der Waals surface area contributed by atoms with Crippen molar-refractivity contribution in [1.82, 2.24) is 5.32 Å². The van der Waals surface area contributed by atoms with Crippen LogP contribution in [0.1, 0.15) is 33.9 Å². The van der Waals surface area contributed by atoms with E-state index < -0.39 is 27.9 Å². The highest BCUT2D eigenvalue weighted by molar-refractivity contribution is 7.91. The lowest BCUT2D eigenvalue weighted by Crippen LogP contribution is -2.34. The van der Waals surface area contributed by atoms with Gasteiger partial charge in [0, 0.05) is 0 Å². The number of ether oxygens (including phenoxy) is 1. The van der Waals surface area contributed by atoms with Gasteiger partial charge in [-0.15, -0.1) is 0 Å². The Balaban J connectivity index is 1.75. The molecule has 0 aromatic heterocycles. The van der Waals surface area contributed by atoms with Crippen molar-refractivity contribution in [3.8, 4) is 0 Å². The van der Waals surface area contributed by atoms with E-state index in [4.69, 9.17) is 9.84 Å². The molecule has 7 nitrogen and oxygen atoms in total. The Kier molecular flexibility index (Phi) is 4.94. The SMILES string of the molecule is O=C(N[C@@H]1CCS(=O)(=O)c2cc(C(=O)O)ccc21)OCc1ccccc1. The summed E-state index contributed by atoms with van der Waals surface area (Å²) in [5, 5.41) is 11.7. The predicted molar refractivity (Wildman–Crippen MR) is 92.6 cm³/mol. The zero-order valence-corrected chi connectivity index (χ0v) is 14.5. The van der Waals surface area contributed by atoms with E-state index in [1.54, 1.807) is 0 Å². The van der Waals surface area contributed by atoms with Gasteiger partial charge in [-0.25, -0.2) is 18.0 Å². The van der Waals surface area contributed by atoms with Crippen molar-refractivity contribution in [3.63, 3.8) is 0 Å². The predicted octanol–water partition coefficient (Wildman–Crippen LogP) is 2.53. The van der Waals surface area contributed by atoms with E-state index in [9.17, 15) is 18.0 Å². The molecule has 3 rings (SSSR count). The van der Waals surface area contributed by atoms with Crippen LogP contribution in [-0.4, -0.2) is 31.3 Å². The summed E-state index contributed by atoms with van der Waals surface area (Å²) in [7, 11) is -3.58. The standard InChI is InChI=1S/C18H17NO6S/c20-17(21)13-6-7-14-15(8-9-26(23,24)16(14)10-13)19-18(22)25-11-12-4-2-1-3-5-12/h1-7,10,15H,8-9,11H2,(H,19,22)(H,20,21)/t15-/m1/s1. The Morgan fingerprint density at radius 1 is 1.15 bits per heavy atom. The van der Waals surface area contributed by atoms with Crippen molar-refractivity contribution in [2.45, 2.75) is 24.0 Å². The second-order valence-corrected chi connectivity index (χ2v) is 8.00. The highest BCUT2D eigenvalue weighted by Crippen LogP contribution is 2.33. The molecular formula is C18H17NO6S. The maximum absolute atomic E-state index is 12.3. The molecule has 0 radical (unpaired) electrons. The van der Waals surface area contributed by atoms with E-state index in [0.717, 1.165) is 11.6 Å². The van der Waals surface area contributed by atoms with E-state index in [-0.39, 0.29) is 29.2 Å². The number of hydrogen-bond donors (Lipinski definition) is 2. The zero-order valence-electron chi connectivity index (χ0n) is 13.7. The molecule has 0 bridgehead atoms. The maximum Gasteiger partial charge on any atom is 0.407 e. The minimum Gasteiger partial charge on any atom is -0.478 e. The minimum atomic E-state index is -3.58. The highest BCUT2D eigenvalue weighted by Gasteiger charge is 2.32. The van der Waals surface area contributed by atoms with Gasteiger partial charge in [-0.2, -0.15) is 0 Å². The van der Waals surface area contributed by atoms with E-state index >= 15 is 0 Å². The van der Waals surface area contributed by atoms with Crippen LogP contribution >= 0.6 is 0 Å². The Labute approximate surface area is 150 Å². The van der Waals surface area contributed by atoms with Gasteiger partial charge >= 0.3 is 12.1 Å². The molecule has 0 saturated carbocycles. The van der Waals surface area contributed by atoms with Crippen LogP contribution in [0.5, 0.6) is 0 Å². The molecular weight excluding hydrogens is 358 g/mol. The Bertz CT molecular complexity index is 939. The minimum absolute atomic E-state index is 0.0583. The molecule has 0 saturated heterocycles. The summed E-state index contributed by atoms with van der Waals surface area (Å²) >= 11 is 0. The van der Waals surface area contributed by atoms with Crippen molar-refractivity contribution in [2.24, 2.45) is 0 Å². The van der Waals surface area contributed by atoms with Crippen LogP contribution in [-0.2, 0) is 21.2 Å². The average Bonchev–Trinajstić information content (AvgIpc) is 2.63. The summed E-state index contributed by atoms with van der Waals surface area (Å²) < 4.78 is 29.7. The molecule has 1 aliphatic heterocycles. The van der Waals surface area contributed by atoms with Crippen molar-refractivity contribution in [3.05, 3.63) is 65.2 Å². The maximum atomic E-state index is 12.3. The zero-order chi connectivity index (χ0) is 18.7. The first kappa shape index (κ1) is 17.9. The largest absolute Gasteiger partial charge is 0.478 e. The number of carbonyl (C=O) groups excluding carboxylic acids is 1. The molecule has 2 aromatic rings. The van der Waals surface area contributed by atoms with Crippen LogP contribution in [0.2, 0.25) is 0 Å². The topological polar surface area (TPSA) is 110 Å². The molecule has 1 aliphatic rings. The van der Waals surface area contributed by atoms with E-state index in [2.05, 4.69) is 5.32 Å². The van der Waals surface area contributed by atoms with Gasteiger partial charge in [-0.05, 0) is 29.7 Å². The Hall–Kier alpha value is -2.87. The van der Waals surface area contributed by atoms with Crippen LogP contribution in [0.15, 0.2) is 53.4 Å². The number of alkyl carbamates (subject to hydrolysis) is 1. The summed E-state index contributed by atoms with van der Waals surface area (Å²) in [4.78, 5) is 23.1. The van der Waals surface area contributed by atoms with Crippen molar-refractivity contribution >= 4 is 21.9 Å². The number of carboxylic acid groups (broad SMARTS) is 1. The fraction of sp³-hybridized carbons (Fsp3) is 0.222. The summed E-state index contributed by atoms with van der Waals surface area (Å²) in [5.41, 5.74) is 1.10. The van der Waals surface area contributed by atoms with Crippen LogP contribution in [0.3, 0.4) is 0 Å². The van der Waals surface area contributed by atoms with Gasteiger partial charge in [-0.3, -0.25) is 0 Å². The lowest BCUT2D eigenvalue weighted by atomic mass is 10.0. The van der Waals surface area contributed by atoms with Crippen molar-refractivity contribution < 1.29 is 27.9 Å². The van der Waals surface area contributed by atoms with Gasteiger partial charge in [0.2, 0.25) is 0 Å². The average molecular weight is 375 g/mol. The Morgan fingerprint density at radius 3 is 2.58 bits per heavy atom.